The van der Waals surface area contributed by atoms with Gasteiger partial charge in [0.15, 0.2) is 0 Å². The molecule has 0 radical (unpaired) electrons. The number of aliphatic hydroxyl groups is 1. The second-order valence-electron chi connectivity index (χ2n) is 4.33. The number of rotatable bonds is 0. The summed E-state index contributed by atoms with van der Waals surface area (Å²) in [7, 11) is 1.61. The fourth-order valence-electron chi connectivity index (χ4n) is 2.79. The molecule has 2 fully saturated rings. The van der Waals surface area contributed by atoms with Crippen molar-refractivity contribution in [3.8, 4) is 0 Å². The van der Waals surface area contributed by atoms with Gasteiger partial charge in [0.25, 0.3) is 0 Å². The summed E-state index contributed by atoms with van der Waals surface area (Å²) in [6, 6.07) is -0.146. The van der Waals surface area contributed by atoms with Gasteiger partial charge < -0.3 is 10.4 Å². The molecular weight excluding hydrogens is 180 g/mol. The molecule has 14 heavy (non-hydrogen) atoms. The van der Waals surface area contributed by atoms with Crippen LogP contribution in [0.5, 0.6) is 0 Å². The average Bonchev–Trinajstić information content (AvgIpc) is 2.56. The lowest BCUT2D eigenvalue weighted by Gasteiger charge is -2.26. The van der Waals surface area contributed by atoms with Gasteiger partial charge in [0.2, 0.25) is 0 Å². The van der Waals surface area contributed by atoms with Crippen molar-refractivity contribution in [3.63, 3.8) is 0 Å². The van der Waals surface area contributed by atoms with Gasteiger partial charge in [0.1, 0.15) is 6.23 Å². The van der Waals surface area contributed by atoms with Gasteiger partial charge in [-0.15, -0.1) is 0 Å². The van der Waals surface area contributed by atoms with Crippen LogP contribution in [0.4, 0.5) is 4.79 Å². The first-order chi connectivity index (χ1) is 6.74. The Morgan fingerprint density at radius 3 is 2.79 bits per heavy atom. The van der Waals surface area contributed by atoms with Crippen LogP contribution in [0.15, 0.2) is 0 Å². The van der Waals surface area contributed by atoms with Gasteiger partial charge in [-0.1, -0.05) is 12.8 Å². The van der Waals surface area contributed by atoms with Crippen LogP contribution in [0.3, 0.4) is 0 Å². The standard InChI is InChI=1S/C10H18N2O2/c1-11-10(14)12-6-7-4-2-3-5-8(7)9(12)13/h7-9,13H,2-6H2,1H3,(H,11,14). The van der Waals surface area contributed by atoms with Gasteiger partial charge >= 0.3 is 6.03 Å². The molecule has 1 aliphatic heterocycles. The van der Waals surface area contributed by atoms with E-state index in [9.17, 15) is 9.90 Å². The first-order valence-electron chi connectivity index (χ1n) is 5.40. The highest BCUT2D eigenvalue weighted by molar-refractivity contribution is 5.74. The van der Waals surface area contributed by atoms with E-state index in [0.29, 0.717) is 11.8 Å². The Hall–Kier alpha value is -0.770. The second kappa shape index (κ2) is 3.77. The summed E-state index contributed by atoms with van der Waals surface area (Å²) in [5.41, 5.74) is 0. The molecule has 1 saturated carbocycles. The minimum Gasteiger partial charge on any atom is -0.373 e. The zero-order valence-electron chi connectivity index (χ0n) is 8.57. The molecule has 3 atom stereocenters. The van der Waals surface area contributed by atoms with E-state index in [1.54, 1.807) is 11.9 Å². The largest absolute Gasteiger partial charge is 0.373 e. The maximum Gasteiger partial charge on any atom is 0.319 e. The molecule has 0 spiro atoms. The number of carbonyl (C=O) groups is 1. The third kappa shape index (κ3) is 1.47. The molecule has 0 bridgehead atoms. The van der Waals surface area contributed by atoms with E-state index in [2.05, 4.69) is 5.32 Å². The van der Waals surface area contributed by atoms with Crippen LogP contribution in [-0.2, 0) is 0 Å². The fraction of sp³-hybridized carbons (Fsp3) is 0.900. The average molecular weight is 198 g/mol. The Morgan fingerprint density at radius 1 is 1.43 bits per heavy atom. The third-order valence-corrected chi connectivity index (χ3v) is 3.58. The van der Waals surface area contributed by atoms with Crippen LogP contribution in [0.1, 0.15) is 25.7 Å². The predicted octanol–water partition coefficient (Wildman–Crippen LogP) is 0.766. The molecular formula is C10H18N2O2. The van der Waals surface area contributed by atoms with Gasteiger partial charge in [-0.05, 0) is 18.8 Å². The molecule has 2 N–H and O–H groups in total. The first kappa shape index (κ1) is 9.77. The molecule has 2 amide bonds. The maximum absolute atomic E-state index is 11.4. The maximum atomic E-state index is 11.4. The minimum atomic E-state index is -0.555. The first-order valence-corrected chi connectivity index (χ1v) is 5.40. The Morgan fingerprint density at radius 2 is 2.14 bits per heavy atom. The fourth-order valence-corrected chi connectivity index (χ4v) is 2.79. The van der Waals surface area contributed by atoms with Crippen LogP contribution in [0.25, 0.3) is 0 Å². The van der Waals surface area contributed by atoms with E-state index < -0.39 is 6.23 Å². The highest BCUT2D eigenvalue weighted by atomic mass is 16.3. The van der Waals surface area contributed by atoms with E-state index >= 15 is 0 Å². The zero-order chi connectivity index (χ0) is 10.1. The molecule has 0 aromatic carbocycles. The molecule has 4 nitrogen and oxygen atoms in total. The molecule has 0 aromatic heterocycles. The molecule has 80 valence electrons. The normalized spacial score (nSPS) is 36.7. The van der Waals surface area contributed by atoms with Crippen LogP contribution in [0.2, 0.25) is 0 Å². The molecule has 4 heteroatoms. The molecule has 0 aromatic rings. The highest BCUT2D eigenvalue weighted by Crippen LogP contribution is 2.39. The van der Waals surface area contributed by atoms with E-state index in [1.807, 2.05) is 0 Å². The van der Waals surface area contributed by atoms with Gasteiger partial charge in [0.05, 0.1) is 0 Å². The minimum absolute atomic E-state index is 0.146. The Bertz CT molecular complexity index is 232. The molecule has 3 unspecified atom stereocenters. The molecule has 2 rings (SSSR count). The highest BCUT2D eigenvalue weighted by Gasteiger charge is 2.43. The molecule has 2 aliphatic rings. The second-order valence-corrected chi connectivity index (χ2v) is 4.33. The van der Waals surface area contributed by atoms with Crippen molar-refractivity contribution in [3.05, 3.63) is 0 Å². The van der Waals surface area contributed by atoms with E-state index in [4.69, 9.17) is 0 Å². The van der Waals surface area contributed by atoms with Crippen molar-refractivity contribution >= 4 is 6.03 Å². The number of hydrogen-bond acceptors (Lipinski definition) is 2. The van der Waals surface area contributed by atoms with Crippen molar-refractivity contribution < 1.29 is 9.90 Å². The van der Waals surface area contributed by atoms with Gasteiger partial charge in [-0.2, -0.15) is 0 Å². The van der Waals surface area contributed by atoms with E-state index in [0.717, 1.165) is 19.4 Å². The smallest absolute Gasteiger partial charge is 0.319 e. The molecule has 1 heterocycles. The van der Waals surface area contributed by atoms with Crippen LogP contribution >= 0.6 is 0 Å². The number of fused-ring (bicyclic) bond motifs is 1. The van der Waals surface area contributed by atoms with E-state index in [-0.39, 0.29) is 6.03 Å². The van der Waals surface area contributed by atoms with Crippen molar-refractivity contribution in [1.29, 1.82) is 0 Å². The number of amides is 2. The van der Waals surface area contributed by atoms with Crippen molar-refractivity contribution in [1.82, 2.24) is 10.2 Å². The Labute approximate surface area is 84.3 Å². The van der Waals surface area contributed by atoms with Gasteiger partial charge in [0, 0.05) is 19.5 Å². The summed E-state index contributed by atoms with van der Waals surface area (Å²) in [5, 5.41) is 12.5. The monoisotopic (exact) mass is 198 g/mol. The quantitative estimate of drug-likeness (QED) is 0.604. The van der Waals surface area contributed by atoms with Crippen molar-refractivity contribution in [2.45, 2.75) is 31.9 Å². The van der Waals surface area contributed by atoms with E-state index in [1.165, 1.54) is 12.8 Å². The summed E-state index contributed by atoms with van der Waals surface area (Å²) < 4.78 is 0. The van der Waals surface area contributed by atoms with Crippen LogP contribution in [-0.4, -0.2) is 35.9 Å². The van der Waals surface area contributed by atoms with Gasteiger partial charge in [-0.25, -0.2) is 4.79 Å². The zero-order valence-corrected chi connectivity index (χ0v) is 8.57. The summed E-state index contributed by atoms with van der Waals surface area (Å²) in [5.74, 6) is 0.845. The number of nitrogens with zero attached hydrogens (tertiary/aromatic N) is 1. The molecule has 1 saturated heterocycles. The Kier molecular flexibility index (Phi) is 2.63. The predicted molar refractivity (Wildman–Crippen MR) is 52.6 cm³/mol. The Balaban J connectivity index is 2.06. The summed E-state index contributed by atoms with van der Waals surface area (Å²) in [6.45, 7) is 0.728. The van der Waals surface area contributed by atoms with Crippen LogP contribution < -0.4 is 5.32 Å². The summed E-state index contributed by atoms with van der Waals surface area (Å²) in [6.07, 6.45) is 4.12. The van der Waals surface area contributed by atoms with Gasteiger partial charge in [-0.3, -0.25) is 4.90 Å². The lowest BCUT2D eigenvalue weighted by molar-refractivity contribution is 0.0204. The summed E-state index contributed by atoms with van der Waals surface area (Å²) in [4.78, 5) is 13.0. The van der Waals surface area contributed by atoms with Crippen molar-refractivity contribution in [2.75, 3.05) is 13.6 Å². The molecule has 1 aliphatic carbocycles. The number of hydrogen-bond donors (Lipinski definition) is 2. The SMILES string of the molecule is CNC(=O)N1CC2CCCCC2C1O. The number of nitrogens with one attached hydrogen (secondary N) is 1. The lowest BCUT2D eigenvalue weighted by Crippen LogP contribution is -2.42. The number of likely N-dealkylation sites (tertiary alicyclic amines) is 1. The lowest BCUT2D eigenvalue weighted by atomic mass is 9.81. The number of carbonyl (C=O) groups excluding carboxylic acids is 1. The third-order valence-electron chi connectivity index (χ3n) is 3.58. The summed E-state index contributed by atoms with van der Waals surface area (Å²) >= 11 is 0. The van der Waals surface area contributed by atoms with Crippen LogP contribution in [0, 0.1) is 11.8 Å². The topological polar surface area (TPSA) is 52.6 Å². The number of aliphatic hydroxyl groups excluding tert-OH is 1. The number of urea groups is 1. The van der Waals surface area contributed by atoms with Crippen molar-refractivity contribution in [2.24, 2.45) is 11.8 Å².